The third-order valence-corrected chi connectivity index (χ3v) is 1.72. The highest BCUT2D eigenvalue weighted by molar-refractivity contribution is 6.74. The molecule has 1 rings (SSSR count). The normalized spacial score (nSPS) is 11.6. The molecular weight excluding hydrogens is 234 g/mol. The van der Waals surface area contributed by atoms with E-state index in [0.29, 0.717) is 6.07 Å². The second-order valence-electron chi connectivity index (χ2n) is 2.93. The Labute approximate surface area is 88.0 Å². The van der Waals surface area contributed by atoms with Crippen LogP contribution in [0.5, 0.6) is 5.75 Å². The van der Waals surface area contributed by atoms with E-state index in [-0.39, 0.29) is 6.07 Å². The maximum Gasteiger partial charge on any atom is 0.516 e. The summed E-state index contributed by atoms with van der Waals surface area (Å²) >= 11 is 0. The van der Waals surface area contributed by atoms with Crippen molar-refractivity contribution in [3.8, 4) is 5.75 Å². The third-order valence-electron chi connectivity index (χ3n) is 1.72. The van der Waals surface area contributed by atoms with E-state index in [9.17, 15) is 21.7 Å². The summed E-state index contributed by atoms with van der Waals surface area (Å²) in [5.74, 6) is -3.75. The van der Waals surface area contributed by atoms with Crippen molar-refractivity contribution in [2.45, 2.75) is 0 Å². The molecule has 0 bridgehead atoms. The van der Waals surface area contributed by atoms with E-state index in [2.05, 4.69) is 9.47 Å². The molecule has 0 radical (unpaired) electrons. The molecule has 0 fully saturated rings. The van der Waals surface area contributed by atoms with Crippen molar-refractivity contribution < 1.29 is 31.2 Å². The monoisotopic (exact) mass is 241 g/mol. The van der Waals surface area contributed by atoms with Gasteiger partial charge in [0, 0.05) is 19.2 Å². The van der Waals surface area contributed by atoms with Gasteiger partial charge in [0.05, 0.1) is 0 Å². The Morgan fingerprint density at radius 1 is 1.19 bits per heavy atom. The molecule has 8 heteroatoms. The molecule has 1 aromatic carbocycles. The van der Waals surface area contributed by atoms with Gasteiger partial charge in [-0.05, 0) is 5.46 Å². The van der Waals surface area contributed by atoms with Crippen LogP contribution < -0.4 is 10.2 Å². The lowest BCUT2D eigenvalue weighted by Crippen LogP contribution is -2.38. The summed E-state index contributed by atoms with van der Waals surface area (Å²) in [6.07, 6.45) is 0. The van der Waals surface area contributed by atoms with Gasteiger partial charge in [-0.25, -0.2) is 8.78 Å². The van der Waals surface area contributed by atoms with E-state index in [0.717, 1.165) is 0 Å². The zero-order chi connectivity index (χ0) is 12.3. The van der Waals surface area contributed by atoms with Crippen LogP contribution in [0, 0.1) is 11.6 Å². The fraction of sp³-hybridized carbons (Fsp3) is 0.250. The first-order chi connectivity index (χ1) is 7.36. The molecule has 0 atom stereocenters. The molecule has 0 unspecified atom stereocenters. The molecule has 0 saturated carbocycles. The lowest BCUT2D eigenvalue weighted by atomic mass is 9.79. The number of benzene rings is 1. The molecule has 0 aliphatic rings. The van der Waals surface area contributed by atoms with Gasteiger partial charge in [0.2, 0.25) is 0 Å². The minimum Gasteiger partial charge on any atom is -0.470 e. The predicted molar refractivity (Wildman–Crippen MR) is 47.6 cm³/mol. The SMILES string of the molecule is COCOc1cc(F)cc(F)c1[B-](F)(F)F. The molecule has 0 aromatic heterocycles. The Kier molecular flexibility index (Phi) is 3.74. The molecule has 0 aliphatic heterocycles. The fourth-order valence-corrected chi connectivity index (χ4v) is 1.12. The van der Waals surface area contributed by atoms with E-state index in [1.165, 1.54) is 7.11 Å². The quantitative estimate of drug-likeness (QED) is 0.456. The molecule has 90 valence electrons. The standard InChI is InChI=1S/C8H7BF5O2/c1-15-4-16-7-3-5(10)2-6(11)8(7)9(12,13)14/h2-3H,4H2,1H3/q-1. The van der Waals surface area contributed by atoms with Crippen LogP contribution in [0.15, 0.2) is 12.1 Å². The highest BCUT2D eigenvalue weighted by atomic mass is 19.4. The van der Waals surface area contributed by atoms with Gasteiger partial charge in [0.1, 0.15) is 17.4 Å². The van der Waals surface area contributed by atoms with Crippen LogP contribution in [-0.2, 0) is 4.74 Å². The molecule has 0 aliphatic carbocycles. The average molecular weight is 241 g/mol. The summed E-state index contributed by atoms with van der Waals surface area (Å²) in [5.41, 5.74) is -1.58. The lowest BCUT2D eigenvalue weighted by Gasteiger charge is -2.20. The molecule has 0 amide bonds. The fourth-order valence-electron chi connectivity index (χ4n) is 1.12. The first kappa shape index (κ1) is 12.8. The van der Waals surface area contributed by atoms with Crippen molar-refractivity contribution >= 4 is 12.4 Å². The van der Waals surface area contributed by atoms with Gasteiger partial charge < -0.3 is 22.4 Å². The Morgan fingerprint density at radius 3 is 2.31 bits per heavy atom. The summed E-state index contributed by atoms with van der Waals surface area (Å²) in [5, 5.41) is 0. The van der Waals surface area contributed by atoms with Crippen molar-refractivity contribution in [3.63, 3.8) is 0 Å². The van der Waals surface area contributed by atoms with Gasteiger partial charge in [-0.15, -0.1) is 0 Å². The summed E-state index contributed by atoms with van der Waals surface area (Å²) in [6, 6.07) is 0.622. The highest BCUT2D eigenvalue weighted by Crippen LogP contribution is 2.21. The number of methoxy groups -OCH3 is 1. The Hall–Kier alpha value is -1.31. The van der Waals surface area contributed by atoms with Crippen LogP contribution in [0.4, 0.5) is 21.7 Å². The second kappa shape index (κ2) is 4.69. The highest BCUT2D eigenvalue weighted by Gasteiger charge is 2.33. The van der Waals surface area contributed by atoms with E-state index < -0.39 is 36.6 Å². The zero-order valence-corrected chi connectivity index (χ0v) is 8.15. The number of ether oxygens (including phenoxy) is 2. The van der Waals surface area contributed by atoms with Crippen molar-refractivity contribution in [2.24, 2.45) is 0 Å². The minimum atomic E-state index is -5.61. The van der Waals surface area contributed by atoms with Gasteiger partial charge >= 0.3 is 6.98 Å². The van der Waals surface area contributed by atoms with Crippen LogP contribution >= 0.6 is 0 Å². The Bertz CT molecular complexity index is 379. The molecule has 0 spiro atoms. The third kappa shape index (κ3) is 2.85. The van der Waals surface area contributed by atoms with Crippen molar-refractivity contribution in [1.29, 1.82) is 0 Å². The smallest absolute Gasteiger partial charge is 0.470 e. The largest absolute Gasteiger partial charge is 0.516 e. The van der Waals surface area contributed by atoms with Crippen LogP contribution in [0.2, 0.25) is 0 Å². The van der Waals surface area contributed by atoms with Gasteiger partial charge in [-0.2, -0.15) is 0 Å². The molecule has 1 aromatic rings. The van der Waals surface area contributed by atoms with Gasteiger partial charge in [0.15, 0.2) is 6.79 Å². The molecule has 2 nitrogen and oxygen atoms in total. The first-order valence-corrected chi connectivity index (χ1v) is 4.17. The summed E-state index contributed by atoms with van der Waals surface area (Å²) < 4.78 is 71.8. The molecule has 0 heterocycles. The van der Waals surface area contributed by atoms with Gasteiger partial charge in [-0.1, -0.05) is 0 Å². The second-order valence-corrected chi connectivity index (χ2v) is 2.93. The summed E-state index contributed by atoms with van der Waals surface area (Å²) in [7, 11) is 1.17. The van der Waals surface area contributed by atoms with Crippen LogP contribution in [-0.4, -0.2) is 20.9 Å². The molecule has 0 saturated heterocycles. The number of hydrogen-bond donors (Lipinski definition) is 0. The number of hydrogen-bond acceptors (Lipinski definition) is 2. The average Bonchev–Trinajstić information content (AvgIpc) is 2.10. The predicted octanol–water partition coefficient (Wildman–Crippen LogP) is 2.00. The topological polar surface area (TPSA) is 18.5 Å². The van der Waals surface area contributed by atoms with E-state index in [1.54, 1.807) is 0 Å². The van der Waals surface area contributed by atoms with E-state index in [1.807, 2.05) is 0 Å². The Balaban J connectivity index is 3.21. The first-order valence-electron chi connectivity index (χ1n) is 4.17. The van der Waals surface area contributed by atoms with Crippen molar-refractivity contribution in [2.75, 3.05) is 13.9 Å². The van der Waals surface area contributed by atoms with E-state index in [4.69, 9.17) is 0 Å². The summed E-state index contributed by atoms with van der Waals surface area (Å²) in [6.45, 7) is -6.14. The molecule has 16 heavy (non-hydrogen) atoms. The van der Waals surface area contributed by atoms with Gasteiger partial charge in [-0.3, -0.25) is 0 Å². The van der Waals surface area contributed by atoms with Crippen LogP contribution in [0.25, 0.3) is 0 Å². The number of rotatable bonds is 4. The molecular formula is C8H7BF5O2-. The maximum atomic E-state index is 13.0. The van der Waals surface area contributed by atoms with Gasteiger partial charge in [0.25, 0.3) is 0 Å². The Morgan fingerprint density at radius 2 is 1.81 bits per heavy atom. The van der Waals surface area contributed by atoms with Crippen molar-refractivity contribution in [1.82, 2.24) is 0 Å². The van der Waals surface area contributed by atoms with Crippen LogP contribution in [0.3, 0.4) is 0 Å². The van der Waals surface area contributed by atoms with Crippen molar-refractivity contribution in [3.05, 3.63) is 23.8 Å². The van der Waals surface area contributed by atoms with E-state index >= 15 is 0 Å². The maximum absolute atomic E-state index is 13.0. The molecule has 0 N–H and O–H groups in total. The van der Waals surface area contributed by atoms with Crippen LogP contribution in [0.1, 0.15) is 0 Å². The number of halogens is 5. The zero-order valence-electron chi connectivity index (χ0n) is 8.15. The summed E-state index contributed by atoms with van der Waals surface area (Å²) in [4.78, 5) is 0. The minimum absolute atomic E-state index is 0.157. The lowest BCUT2D eigenvalue weighted by molar-refractivity contribution is 0.0513.